The summed E-state index contributed by atoms with van der Waals surface area (Å²) in [7, 11) is 0. The molecule has 16 heavy (non-hydrogen) atoms. The van der Waals surface area contributed by atoms with Crippen molar-refractivity contribution in [1.82, 2.24) is 9.97 Å². The minimum absolute atomic E-state index is 0.0616. The average Bonchev–Trinajstić information content (AvgIpc) is 2.29. The van der Waals surface area contributed by atoms with Crippen molar-refractivity contribution in [2.45, 2.75) is 38.0 Å². The minimum atomic E-state index is -0.577. The van der Waals surface area contributed by atoms with Crippen molar-refractivity contribution in [3.63, 3.8) is 0 Å². The third kappa shape index (κ3) is 1.91. The number of aromatic amines is 2. The molecule has 1 aliphatic rings. The second-order valence-corrected chi connectivity index (χ2v) is 4.14. The van der Waals surface area contributed by atoms with Gasteiger partial charge in [-0.25, -0.2) is 4.79 Å². The molecule has 0 atom stereocenters. The summed E-state index contributed by atoms with van der Waals surface area (Å²) < 4.78 is 0. The van der Waals surface area contributed by atoms with Gasteiger partial charge in [-0.15, -0.1) is 0 Å². The molecule has 84 valence electrons. The normalized spacial score (nSPS) is 16.9. The lowest BCUT2D eigenvalue weighted by Crippen LogP contribution is -2.28. The van der Waals surface area contributed by atoms with Crippen LogP contribution in [0.5, 0.6) is 0 Å². The molecule has 0 bridgehead atoms. The third-order valence-corrected chi connectivity index (χ3v) is 3.10. The zero-order chi connectivity index (χ0) is 11.5. The van der Waals surface area contributed by atoms with E-state index in [4.69, 9.17) is 5.26 Å². The van der Waals surface area contributed by atoms with Crippen LogP contribution in [0.3, 0.4) is 0 Å². The average molecular weight is 219 g/mol. The Labute approximate surface area is 92.1 Å². The first-order valence-corrected chi connectivity index (χ1v) is 5.49. The van der Waals surface area contributed by atoms with Crippen LogP contribution in [0.4, 0.5) is 0 Å². The largest absolute Gasteiger partial charge is 0.325 e. The highest BCUT2D eigenvalue weighted by atomic mass is 16.2. The number of nitriles is 1. The topological polar surface area (TPSA) is 89.5 Å². The summed E-state index contributed by atoms with van der Waals surface area (Å²) in [4.78, 5) is 27.3. The molecule has 5 nitrogen and oxygen atoms in total. The Balaban J connectivity index is 2.50. The first-order valence-electron chi connectivity index (χ1n) is 5.49. The molecule has 0 saturated heterocycles. The Bertz CT molecular complexity index is 529. The maximum absolute atomic E-state index is 11.4. The number of hydrogen-bond acceptors (Lipinski definition) is 3. The van der Waals surface area contributed by atoms with Crippen molar-refractivity contribution in [3.05, 3.63) is 32.1 Å². The molecule has 2 N–H and O–H groups in total. The Hall–Kier alpha value is -1.83. The summed E-state index contributed by atoms with van der Waals surface area (Å²) in [6, 6.07) is 1.87. The SMILES string of the molecule is N#Cc1c(C2CCCCC2)[nH]c(=O)[nH]c1=O. The molecule has 1 saturated carbocycles. The van der Waals surface area contributed by atoms with Crippen LogP contribution in [0, 0.1) is 11.3 Å². The quantitative estimate of drug-likeness (QED) is 0.737. The van der Waals surface area contributed by atoms with E-state index in [0.717, 1.165) is 25.7 Å². The predicted octanol–water partition coefficient (Wildman–Crippen LogP) is 0.983. The van der Waals surface area contributed by atoms with E-state index in [2.05, 4.69) is 9.97 Å². The van der Waals surface area contributed by atoms with E-state index < -0.39 is 11.2 Å². The molecule has 0 spiro atoms. The molecule has 1 heterocycles. The van der Waals surface area contributed by atoms with Gasteiger partial charge in [-0.3, -0.25) is 9.78 Å². The smallest absolute Gasteiger partial charge is 0.310 e. The van der Waals surface area contributed by atoms with Gasteiger partial charge in [-0.05, 0) is 12.8 Å². The molecule has 1 aromatic heterocycles. The first kappa shape index (κ1) is 10.7. The van der Waals surface area contributed by atoms with Crippen LogP contribution >= 0.6 is 0 Å². The second kappa shape index (κ2) is 4.35. The van der Waals surface area contributed by atoms with Gasteiger partial charge < -0.3 is 4.98 Å². The van der Waals surface area contributed by atoms with Gasteiger partial charge in [0.2, 0.25) is 0 Å². The molecule has 0 amide bonds. The Morgan fingerprint density at radius 1 is 1.12 bits per heavy atom. The van der Waals surface area contributed by atoms with Crippen molar-refractivity contribution < 1.29 is 0 Å². The van der Waals surface area contributed by atoms with Gasteiger partial charge in [0.25, 0.3) is 5.56 Å². The summed E-state index contributed by atoms with van der Waals surface area (Å²) in [5, 5.41) is 8.93. The maximum Gasteiger partial charge on any atom is 0.325 e. The van der Waals surface area contributed by atoms with Gasteiger partial charge in [0, 0.05) is 11.6 Å². The maximum atomic E-state index is 11.4. The Morgan fingerprint density at radius 3 is 2.44 bits per heavy atom. The molecule has 0 aromatic carbocycles. The highest BCUT2D eigenvalue weighted by molar-refractivity contribution is 5.32. The molecule has 1 aliphatic carbocycles. The summed E-state index contributed by atoms with van der Waals surface area (Å²) in [5.41, 5.74) is -0.515. The van der Waals surface area contributed by atoms with Gasteiger partial charge >= 0.3 is 5.69 Å². The summed E-state index contributed by atoms with van der Waals surface area (Å²) in [6.07, 6.45) is 5.24. The molecule has 1 aromatic rings. The fourth-order valence-electron chi connectivity index (χ4n) is 2.31. The zero-order valence-corrected chi connectivity index (χ0v) is 8.88. The van der Waals surface area contributed by atoms with Crippen LogP contribution in [0.2, 0.25) is 0 Å². The van der Waals surface area contributed by atoms with Gasteiger partial charge in [-0.1, -0.05) is 19.3 Å². The second-order valence-electron chi connectivity index (χ2n) is 4.14. The van der Waals surface area contributed by atoms with E-state index in [1.807, 2.05) is 6.07 Å². The van der Waals surface area contributed by atoms with E-state index in [1.54, 1.807) is 0 Å². The van der Waals surface area contributed by atoms with Crippen LogP contribution < -0.4 is 11.2 Å². The van der Waals surface area contributed by atoms with Crippen molar-refractivity contribution >= 4 is 0 Å². The molecule has 0 unspecified atom stereocenters. The third-order valence-electron chi connectivity index (χ3n) is 3.10. The zero-order valence-electron chi connectivity index (χ0n) is 8.88. The van der Waals surface area contributed by atoms with Crippen LogP contribution in [0.1, 0.15) is 49.3 Å². The molecule has 1 fully saturated rings. The predicted molar refractivity (Wildman–Crippen MR) is 58.2 cm³/mol. The Morgan fingerprint density at radius 2 is 1.81 bits per heavy atom. The lowest BCUT2D eigenvalue weighted by Gasteiger charge is -2.21. The molecular weight excluding hydrogens is 206 g/mol. The van der Waals surface area contributed by atoms with Crippen molar-refractivity contribution in [2.24, 2.45) is 0 Å². The highest BCUT2D eigenvalue weighted by Gasteiger charge is 2.21. The summed E-state index contributed by atoms with van der Waals surface area (Å²) in [5.74, 6) is 0.151. The van der Waals surface area contributed by atoms with Crippen molar-refractivity contribution in [2.75, 3.05) is 0 Å². The lowest BCUT2D eigenvalue weighted by atomic mass is 9.85. The van der Waals surface area contributed by atoms with Crippen LogP contribution in [0.25, 0.3) is 0 Å². The highest BCUT2D eigenvalue weighted by Crippen LogP contribution is 2.31. The van der Waals surface area contributed by atoms with Crippen molar-refractivity contribution in [1.29, 1.82) is 5.26 Å². The van der Waals surface area contributed by atoms with Crippen LogP contribution in [-0.4, -0.2) is 9.97 Å². The molecule has 2 rings (SSSR count). The number of rotatable bonds is 1. The van der Waals surface area contributed by atoms with Gasteiger partial charge in [-0.2, -0.15) is 5.26 Å². The molecule has 5 heteroatoms. The van der Waals surface area contributed by atoms with E-state index in [-0.39, 0.29) is 11.5 Å². The molecule has 0 radical (unpaired) electrons. The van der Waals surface area contributed by atoms with E-state index >= 15 is 0 Å². The molecule has 0 aliphatic heterocycles. The van der Waals surface area contributed by atoms with Gasteiger partial charge in [0.05, 0.1) is 0 Å². The number of H-pyrrole nitrogens is 2. The standard InChI is InChI=1S/C11H13N3O2/c12-6-8-9(7-4-2-1-3-5-7)13-11(16)14-10(8)15/h7H,1-5H2,(H2,13,14,15,16). The first-order chi connectivity index (χ1) is 7.72. The Kier molecular flexibility index (Phi) is 2.91. The van der Waals surface area contributed by atoms with E-state index in [9.17, 15) is 9.59 Å². The number of aromatic nitrogens is 2. The van der Waals surface area contributed by atoms with Crippen LogP contribution in [-0.2, 0) is 0 Å². The number of nitrogens with zero attached hydrogens (tertiary/aromatic N) is 1. The molecular formula is C11H13N3O2. The minimum Gasteiger partial charge on any atom is -0.310 e. The summed E-state index contributed by atoms with van der Waals surface area (Å²) >= 11 is 0. The van der Waals surface area contributed by atoms with Crippen molar-refractivity contribution in [3.8, 4) is 6.07 Å². The van der Waals surface area contributed by atoms with E-state index in [0.29, 0.717) is 5.69 Å². The lowest BCUT2D eigenvalue weighted by molar-refractivity contribution is 0.434. The van der Waals surface area contributed by atoms with E-state index in [1.165, 1.54) is 6.42 Å². The van der Waals surface area contributed by atoms with Gasteiger partial charge in [0.15, 0.2) is 0 Å². The number of hydrogen-bond donors (Lipinski definition) is 2. The fraction of sp³-hybridized carbons (Fsp3) is 0.545. The monoisotopic (exact) mass is 219 g/mol. The summed E-state index contributed by atoms with van der Waals surface area (Å²) in [6.45, 7) is 0. The number of nitrogens with one attached hydrogen (secondary N) is 2. The fourth-order valence-corrected chi connectivity index (χ4v) is 2.31. The van der Waals surface area contributed by atoms with Crippen LogP contribution in [0.15, 0.2) is 9.59 Å². The van der Waals surface area contributed by atoms with Gasteiger partial charge in [0.1, 0.15) is 11.6 Å².